The van der Waals surface area contributed by atoms with E-state index in [1.165, 1.54) is 16.7 Å². The summed E-state index contributed by atoms with van der Waals surface area (Å²) in [5.74, 6) is 0.385. The Morgan fingerprint density at radius 3 is 1.89 bits per heavy atom. The average molecular weight is 464 g/mol. The monoisotopic (exact) mass is 463 g/mol. The van der Waals surface area contributed by atoms with Gasteiger partial charge in [-0.2, -0.15) is 10.2 Å². The van der Waals surface area contributed by atoms with Gasteiger partial charge in [0.2, 0.25) is 0 Å². The van der Waals surface area contributed by atoms with E-state index in [-0.39, 0.29) is 0 Å². The van der Waals surface area contributed by atoms with Crippen molar-refractivity contribution in [2.75, 3.05) is 24.6 Å². The lowest BCUT2D eigenvalue weighted by atomic mass is 9.93. The van der Waals surface area contributed by atoms with Crippen molar-refractivity contribution in [3.8, 4) is 0 Å². The number of rotatable bonds is 11. The third-order valence-electron chi connectivity index (χ3n) is 6.19. The molecule has 0 aliphatic rings. The molecule has 0 aliphatic carbocycles. The quantitative estimate of drug-likeness (QED) is 0.166. The van der Waals surface area contributed by atoms with E-state index < -0.39 is 0 Å². The second-order valence-corrected chi connectivity index (χ2v) is 8.56. The highest BCUT2D eigenvalue weighted by atomic mass is 16.5. The predicted molar refractivity (Wildman–Crippen MR) is 145 cm³/mol. The minimum absolute atomic E-state index is 0.385. The van der Waals surface area contributed by atoms with Crippen LogP contribution in [0.15, 0.2) is 119 Å². The van der Waals surface area contributed by atoms with Crippen LogP contribution in [0.3, 0.4) is 0 Å². The SMILES string of the molecule is CCN(CCOCc1ccc(C(C)c2ccccc2)cc1)c1ccc(N=Nc2ccccc2)cc1. The molecule has 0 saturated carbocycles. The van der Waals surface area contributed by atoms with Crippen LogP contribution in [0.2, 0.25) is 0 Å². The Bertz CT molecular complexity index is 1170. The molecule has 4 nitrogen and oxygen atoms in total. The maximum Gasteiger partial charge on any atom is 0.0858 e. The van der Waals surface area contributed by atoms with E-state index in [9.17, 15) is 0 Å². The first-order valence-corrected chi connectivity index (χ1v) is 12.3. The topological polar surface area (TPSA) is 37.2 Å². The van der Waals surface area contributed by atoms with Crippen molar-refractivity contribution in [3.63, 3.8) is 0 Å². The lowest BCUT2D eigenvalue weighted by Crippen LogP contribution is -2.26. The van der Waals surface area contributed by atoms with Gasteiger partial charge in [-0.1, -0.05) is 79.7 Å². The molecule has 0 amide bonds. The summed E-state index contributed by atoms with van der Waals surface area (Å²) in [6, 6.07) is 37.4. The molecule has 1 unspecified atom stereocenters. The molecule has 0 radical (unpaired) electrons. The van der Waals surface area contributed by atoms with Crippen LogP contribution < -0.4 is 4.90 Å². The van der Waals surface area contributed by atoms with Crippen molar-refractivity contribution in [1.82, 2.24) is 0 Å². The number of hydrogen-bond acceptors (Lipinski definition) is 4. The molecule has 0 spiro atoms. The minimum atomic E-state index is 0.385. The van der Waals surface area contributed by atoms with Crippen LogP contribution in [-0.2, 0) is 11.3 Å². The summed E-state index contributed by atoms with van der Waals surface area (Å²) in [6.45, 7) is 7.46. The highest BCUT2D eigenvalue weighted by Gasteiger charge is 2.08. The van der Waals surface area contributed by atoms with Crippen LogP contribution in [0.25, 0.3) is 0 Å². The molecule has 1 atom stereocenters. The zero-order chi connectivity index (χ0) is 24.3. The summed E-state index contributed by atoms with van der Waals surface area (Å²) in [5, 5.41) is 8.61. The van der Waals surface area contributed by atoms with E-state index in [1.807, 2.05) is 42.5 Å². The molecule has 0 heterocycles. The Morgan fingerprint density at radius 2 is 1.26 bits per heavy atom. The smallest absolute Gasteiger partial charge is 0.0858 e. The number of anilines is 1. The number of hydrogen-bond donors (Lipinski definition) is 0. The van der Waals surface area contributed by atoms with Gasteiger partial charge in [-0.05, 0) is 60.0 Å². The molecule has 0 aliphatic heterocycles. The van der Waals surface area contributed by atoms with Crippen molar-refractivity contribution < 1.29 is 4.74 Å². The van der Waals surface area contributed by atoms with Crippen LogP contribution in [0.4, 0.5) is 17.1 Å². The maximum atomic E-state index is 5.99. The molecule has 178 valence electrons. The first-order chi connectivity index (χ1) is 17.2. The lowest BCUT2D eigenvalue weighted by molar-refractivity contribution is 0.127. The summed E-state index contributed by atoms with van der Waals surface area (Å²) >= 11 is 0. The fourth-order valence-electron chi connectivity index (χ4n) is 4.01. The van der Waals surface area contributed by atoms with Crippen molar-refractivity contribution in [1.29, 1.82) is 0 Å². The molecule has 0 aromatic heterocycles. The number of ether oxygens (including phenoxy) is 1. The molecule has 4 aromatic rings. The van der Waals surface area contributed by atoms with Crippen molar-refractivity contribution in [2.45, 2.75) is 26.4 Å². The van der Waals surface area contributed by atoms with Gasteiger partial charge in [0.05, 0.1) is 24.6 Å². The van der Waals surface area contributed by atoms with Crippen LogP contribution in [0.1, 0.15) is 36.5 Å². The Labute approximate surface area is 208 Å². The summed E-state index contributed by atoms with van der Waals surface area (Å²) < 4.78 is 5.99. The fraction of sp³-hybridized carbons (Fsp3) is 0.226. The number of nitrogens with zero attached hydrogens (tertiary/aromatic N) is 3. The van der Waals surface area contributed by atoms with Gasteiger partial charge in [-0.25, -0.2) is 0 Å². The van der Waals surface area contributed by atoms with E-state index in [4.69, 9.17) is 4.74 Å². The Morgan fingerprint density at radius 1 is 0.686 bits per heavy atom. The minimum Gasteiger partial charge on any atom is -0.375 e. The second-order valence-electron chi connectivity index (χ2n) is 8.56. The van der Waals surface area contributed by atoms with Gasteiger partial charge in [0.1, 0.15) is 0 Å². The van der Waals surface area contributed by atoms with E-state index >= 15 is 0 Å². The Kier molecular flexibility index (Phi) is 8.79. The number of benzene rings is 4. The molecule has 35 heavy (non-hydrogen) atoms. The molecule has 4 heteroatoms. The molecule has 0 fully saturated rings. The maximum absolute atomic E-state index is 5.99. The molecule has 0 saturated heterocycles. The normalized spacial score (nSPS) is 12.1. The molecular formula is C31H33N3O. The zero-order valence-electron chi connectivity index (χ0n) is 20.5. The van der Waals surface area contributed by atoms with E-state index in [0.717, 1.165) is 30.2 Å². The third kappa shape index (κ3) is 7.11. The molecule has 4 aromatic carbocycles. The van der Waals surface area contributed by atoms with Gasteiger partial charge < -0.3 is 9.64 Å². The highest BCUT2D eigenvalue weighted by Crippen LogP contribution is 2.24. The van der Waals surface area contributed by atoms with Crippen molar-refractivity contribution in [3.05, 3.63) is 126 Å². The van der Waals surface area contributed by atoms with Gasteiger partial charge >= 0.3 is 0 Å². The van der Waals surface area contributed by atoms with Gasteiger partial charge in [0, 0.05) is 24.7 Å². The van der Waals surface area contributed by atoms with Crippen molar-refractivity contribution in [2.24, 2.45) is 10.2 Å². The van der Waals surface area contributed by atoms with Crippen LogP contribution in [-0.4, -0.2) is 19.7 Å². The van der Waals surface area contributed by atoms with E-state index in [0.29, 0.717) is 19.1 Å². The van der Waals surface area contributed by atoms with Gasteiger partial charge in [-0.15, -0.1) is 0 Å². The van der Waals surface area contributed by atoms with E-state index in [2.05, 4.69) is 95.7 Å². The van der Waals surface area contributed by atoms with Gasteiger partial charge in [0.25, 0.3) is 0 Å². The predicted octanol–water partition coefficient (Wildman–Crippen LogP) is 8.30. The summed E-state index contributed by atoms with van der Waals surface area (Å²) in [5.41, 5.74) is 6.71. The van der Waals surface area contributed by atoms with Crippen LogP contribution in [0.5, 0.6) is 0 Å². The van der Waals surface area contributed by atoms with Gasteiger partial charge in [0.15, 0.2) is 0 Å². The largest absolute Gasteiger partial charge is 0.375 e. The summed E-state index contributed by atoms with van der Waals surface area (Å²) in [4.78, 5) is 2.31. The third-order valence-corrected chi connectivity index (χ3v) is 6.19. The number of likely N-dealkylation sites (N-methyl/N-ethyl adjacent to an activating group) is 1. The first kappa shape index (κ1) is 24.4. The lowest BCUT2D eigenvalue weighted by Gasteiger charge is -2.23. The summed E-state index contributed by atoms with van der Waals surface area (Å²) in [7, 11) is 0. The van der Waals surface area contributed by atoms with E-state index in [1.54, 1.807) is 0 Å². The summed E-state index contributed by atoms with van der Waals surface area (Å²) in [6.07, 6.45) is 0. The Balaban J connectivity index is 1.24. The average Bonchev–Trinajstić information content (AvgIpc) is 2.93. The molecule has 4 rings (SSSR count). The fourth-order valence-corrected chi connectivity index (χ4v) is 4.01. The van der Waals surface area contributed by atoms with Crippen molar-refractivity contribution >= 4 is 17.1 Å². The standard InChI is InChI=1S/C31H33N3O/c1-3-34(31-20-18-30(19-21-31)33-32-29-12-8-5-9-13-29)22-23-35-24-26-14-16-28(17-15-26)25(2)27-10-6-4-7-11-27/h4-21,25H,3,22-24H2,1-2H3. The van der Waals surface area contributed by atoms with Gasteiger partial charge in [-0.3, -0.25) is 0 Å². The second kappa shape index (κ2) is 12.6. The highest BCUT2D eigenvalue weighted by molar-refractivity contribution is 5.53. The first-order valence-electron chi connectivity index (χ1n) is 12.3. The Hall–Kier alpha value is -3.76. The van der Waals surface area contributed by atoms with Crippen LogP contribution >= 0.6 is 0 Å². The number of azo groups is 1. The molecular weight excluding hydrogens is 430 g/mol. The molecule has 0 bridgehead atoms. The van der Waals surface area contributed by atoms with Crippen LogP contribution in [0, 0.1) is 0 Å². The molecule has 0 N–H and O–H groups in total. The zero-order valence-corrected chi connectivity index (χ0v) is 20.5.